The molecule has 2 nitrogen and oxygen atoms in total. The molecule has 2 heteroatoms. The van der Waals surface area contributed by atoms with Crippen LogP contribution in [-0.2, 0) is 6.42 Å². The Morgan fingerprint density at radius 3 is 2.95 bits per heavy atom. The minimum absolute atomic E-state index is 0.792. The summed E-state index contributed by atoms with van der Waals surface area (Å²) >= 11 is 0. The molecule has 2 aromatic rings. The summed E-state index contributed by atoms with van der Waals surface area (Å²) in [5.74, 6) is 0. The second-order valence-electron chi connectivity index (χ2n) is 5.98. The number of aryl methyl sites for hydroxylation is 1. The van der Waals surface area contributed by atoms with E-state index in [4.69, 9.17) is 0 Å². The highest BCUT2D eigenvalue weighted by Gasteiger charge is 2.23. The average molecular weight is 268 g/mol. The van der Waals surface area contributed by atoms with Crippen LogP contribution in [0.25, 0.3) is 10.9 Å². The molecule has 1 aliphatic rings. The molecule has 0 atom stereocenters. The number of benzene rings is 1. The van der Waals surface area contributed by atoms with Gasteiger partial charge in [0.2, 0.25) is 0 Å². The molecule has 1 N–H and O–H groups in total. The Kier molecular flexibility index (Phi) is 3.93. The Bertz CT molecular complexity index is 592. The number of nitrogens with zero attached hydrogens (tertiary/aromatic N) is 1. The molecule has 1 aliphatic carbocycles. The third-order valence-corrected chi connectivity index (χ3v) is 4.55. The summed E-state index contributed by atoms with van der Waals surface area (Å²) in [4.78, 5) is 5.98. The van der Waals surface area contributed by atoms with E-state index in [1.54, 1.807) is 0 Å². The summed E-state index contributed by atoms with van der Waals surface area (Å²) in [7, 11) is 0. The highest BCUT2D eigenvalue weighted by Crippen LogP contribution is 2.26. The van der Waals surface area contributed by atoms with E-state index in [2.05, 4.69) is 47.8 Å². The van der Waals surface area contributed by atoms with E-state index >= 15 is 0 Å². The maximum absolute atomic E-state index is 3.90. The van der Waals surface area contributed by atoms with Gasteiger partial charge in [-0.15, -0.1) is 6.58 Å². The van der Waals surface area contributed by atoms with Crippen LogP contribution in [0.1, 0.15) is 30.4 Å². The van der Waals surface area contributed by atoms with Gasteiger partial charge in [-0.05, 0) is 43.9 Å². The summed E-state index contributed by atoms with van der Waals surface area (Å²) in [5.41, 5.74) is 4.03. The normalized spacial score (nSPS) is 15.7. The summed E-state index contributed by atoms with van der Waals surface area (Å²) < 4.78 is 0. The lowest BCUT2D eigenvalue weighted by atomic mass is 9.91. The molecule has 0 bridgehead atoms. The zero-order valence-electron chi connectivity index (χ0n) is 12.4. The Morgan fingerprint density at radius 1 is 1.40 bits per heavy atom. The highest BCUT2D eigenvalue weighted by molar-refractivity contribution is 5.83. The Hall–Kier alpha value is -1.54. The summed E-state index contributed by atoms with van der Waals surface area (Å²) in [5, 5.41) is 1.39. The molecule has 20 heavy (non-hydrogen) atoms. The van der Waals surface area contributed by atoms with Gasteiger partial charge in [0.15, 0.2) is 0 Å². The Balaban J connectivity index is 1.71. The first-order valence-electron chi connectivity index (χ1n) is 7.69. The maximum atomic E-state index is 3.90. The smallest absolute Gasteiger partial charge is 0.0456 e. The fourth-order valence-corrected chi connectivity index (χ4v) is 3.10. The third kappa shape index (κ3) is 2.66. The third-order valence-electron chi connectivity index (χ3n) is 4.55. The molecule has 1 heterocycles. The number of rotatable bonds is 6. The summed E-state index contributed by atoms with van der Waals surface area (Å²) in [6.07, 6.45) is 9.45. The van der Waals surface area contributed by atoms with Crippen LogP contribution in [0.5, 0.6) is 0 Å². The van der Waals surface area contributed by atoms with Crippen LogP contribution in [0, 0.1) is 6.92 Å². The van der Waals surface area contributed by atoms with Gasteiger partial charge >= 0.3 is 0 Å². The molecule has 0 unspecified atom stereocenters. The lowest BCUT2D eigenvalue weighted by Crippen LogP contribution is -2.41. The van der Waals surface area contributed by atoms with Gasteiger partial charge in [-0.1, -0.05) is 24.1 Å². The standard InChI is InChI=1S/C18H24N2/c1-3-10-20(16-5-4-6-16)11-9-15-13-19-18-8-7-14(2)12-17(15)18/h3,7-8,12-13,16,19H,1,4-6,9-11H2,2H3. The van der Waals surface area contributed by atoms with E-state index in [1.807, 2.05) is 6.08 Å². The fourth-order valence-electron chi connectivity index (χ4n) is 3.10. The number of H-pyrrole nitrogens is 1. The van der Waals surface area contributed by atoms with Crippen LogP contribution in [-0.4, -0.2) is 29.0 Å². The number of fused-ring (bicyclic) bond motifs is 1. The first-order valence-corrected chi connectivity index (χ1v) is 7.69. The zero-order valence-corrected chi connectivity index (χ0v) is 12.4. The molecule has 0 amide bonds. The van der Waals surface area contributed by atoms with Crippen molar-refractivity contribution in [3.8, 4) is 0 Å². The van der Waals surface area contributed by atoms with Crippen molar-refractivity contribution < 1.29 is 0 Å². The van der Waals surface area contributed by atoms with E-state index in [1.165, 1.54) is 41.3 Å². The Morgan fingerprint density at radius 2 is 2.25 bits per heavy atom. The quantitative estimate of drug-likeness (QED) is 0.783. The maximum Gasteiger partial charge on any atom is 0.0456 e. The van der Waals surface area contributed by atoms with E-state index in [0.29, 0.717) is 0 Å². The number of hydrogen-bond acceptors (Lipinski definition) is 1. The minimum Gasteiger partial charge on any atom is -0.361 e. The first kappa shape index (κ1) is 13.4. The molecule has 1 aromatic carbocycles. The molecule has 1 saturated carbocycles. The minimum atomic E-state index is 0.792. The molecule has 0 aliphatic heterocycles. The van der Waals surface area contributed by atoms with Crippen LogP contribution in [0.2, 0.25) is 0 Å². The van der Waals surface area contributed by atoms with Gasteiger partial charge in [0.25, 0.3) is 0 Å². The van der Waals surface area contributed by atoms with Crippen molar-refractivity contribution >= 4 is 10.9 Å². The molecular weight excluding hydrogens is 244 g/mol. The van der Waals surface area contributed by atoms with Crippen LogP contribution >= 0.6 is 0 Å². The van der Waals surface area contributed by atoms with Gasteiger partial charge in [-0.25, -0.2) is 0 Å². The largest absolute Gasteiger partial charge is 0.361 e. The lowest BCUT2D eigenvalue weighted by Gasteiger charge is -2.37. The van der Waals surface area contributed by atoms with Gasteiger partial charge in [0, 0.05) is 36.2 Å². The zero-order chi connectivity index (χ0) is 13.9. The monoisotopic (exact) mass is 268 g/mol. The predicted molar refractivity (Wildman–Crippen MR) is 86.1 cm³/mol. The molecule has 3 rings (SSSR count). The van der Waals surface area contributed by atoms with Gasteiger partial charge in [-0.3, -0.25) is 4.90 Å². The number of aromatic nitrogens is 1. The van der Waals surface area contributed by atoms with Crippen LogP contribution in [0.4, 0.5) is 0 Å². The van der Waals surface area contributed by atoms with Crippen molar-refractivity contribution in [2.75, 3.05) is 13.1 Å². The van der Waals surface area contributed by atoms with Crippen molar-refractivity contribution in [3.63, 3.8) is 0 Å². The van der Waals surface area contributed by atoms with Crippen molar-refractivity contribution in [1.29, 1.82) is 0 Å². The number of aromatic amines is 1. The average Bonchev–Trinajstić information content (AvgIpc) is 2.76. The predicted octanol–water partition coefficient (Wildman–Crippen LogP) is 4.06. The second kappa shape index (κ2) is 5.84. The van der Waals surface area contributed by atoms with Gasteiger partial charge in [0.05, 0.1) is 0 Å². The van der Waals surface area contributed by atoms with Crippen molar-refractivity contribution in [2.45, 2.75) is 38.6 Å². The van der Waals surface area contributed by atoms with Gasteiger partial charge < -0.3 is 4.98 Å². The van der Waals surface area contributed by atoms with Crippen molar-refractivity contribution in [2.24, 2.45) is 0 Å². The van der Waals surface area contributed by atoms with Crippen LogP contribution in [0.15, 0.2) is 37.1 Å². The number of hydrogen-bond donors (Lipinski definition) is 1. The molecule has 1 fully saturated rings. The lowest BCUT2D eigenvalue weighted by molar-refractivity contribution is 0.143. The highest BCUT2D eigenvalue weighted by atomic mass is 15.2. The van der Waals surface area contributed by atoms with Crippen molar-refractivity contribution in [1.82, 2.24) is 9.88 Å². The molecule has 1 aromatic heterocycles. The van der Waals surface area contributed by atoms with E-state index < -0.39 is 0 Å². The van der Waals surface area contributed by atoms with Crippen LogP contribution in [0.3, 0.4) is 0 Å². The van der Waals surface area contributed by atoms with Crippen molar-refractivity contribution in [3.05, 3.63) is 48.2 Å². The van der Waals surface area contributed by atoms with Gasteiger partial charge in [0.1, 0.15) is 0 Å². The summed E-state index contributed by atoms with van der Waals surface area (Å²) in [6.45, 7) is 8.22. The SMILES string of the molecule is C=CCN(CCc1c[nH]c2ccc(C)cc12)C1CCC1. The Labute approximate surface area is 121 Å². The molecule has 0 saturated heterocycles. The first-order chi connectivity index (χ1) is 9.78. The number of nitrogens with one attached hydrogen (secondary N) is 1. The molecule has 0 spiro atoms. The molecule has 0 radical (unpaired) electrons. The van der Waals surface area contributed by atoms with E-state index in [0.717, 1.165) is 25.6 Å². The fraction of sp³-hybridized carbons (Fsp3) is 0.444. The van der Waals surface area contributed by atoms with Gasteiger partial charge in [-0.2, -0.15) is 0 Å². The van der Waals surface area contributed by atoms with E-state index in [-0.39, 0.29) is 0 Å². The van der Waals surface area contributed by atoms with Crippen LogP contribution < -0.4 is 0 Å². The summed E-state index contributed by atoms with van der Waals surface area (Å²) in [6, 6.07) is 7.44. The molecule has 106 valence electrons. The van der Waals surface area contributed by atoms with E-state index in [9.17, 15) is 0 Å². The topological polar surface area (TPSA) is 19.0 Å². The molecular formula is C18H24N2. The second-order valence-corrected chi connectivity index (χ2v) is 5.98.